The van der Waals surface area contributed by atoms with Crippen molar-refractivity contribution in [3.8, 4) is 0 Å². The highest BCUT2D eigenvalue weighted by Gasteiger charge is 2.37. The molecule has 1 aliphatic rings. The number of hydrogen-bond donors (Lipinski definition) is 1. The summed E-state index contributed by atoms with van der Waals surface area (Å²) in [5, 5.41) is 9.06. The van der Waals surface area contributed by atoms with E-state index in [2.05, 4.69) is 0 Å². The lowest BCUT2D eigenvalue weighted by Gasteiger charge is -2.09. The second kappa shape index (κ2) is 2.25. The predicted molar refractivity (Wildman–Crippen MR) is 33.8 cm³/mol. The molecule has 9 heavy (non-hydrogen) atoms. The zero-order valence-corrected chi connectivity index (χ0v) is 5.84. The minimum atomic E-state index is -0.986. The van der Waals surface area contributed by atoms with Gasteiger partial charge in [0, 0.05) is 0 Å². The molecule has 54 valence electrons. The smallest absolute Gasteiger partial charge is 0.129 e. The first-order valence-corrected chi connectivity index (χ1v) is 3.45. The Morgan fingerprint density at radius 2 is 1.89 bits per heavy atom. The molecule has 0 aromatic heterocycles. The van der Waals surface area contributed by atoms with Crippen molar-refractivity contribution in [2.75, 3.05) is 0 Å². The van der Waals surface area contributed by atoms with E-state index >= 15 is 0 Å². The number of aliphatic hydroxyl groups excluding tert-OH is 1. The Kier molecular flexibility index (Phi) is 1.75. The maximum Gasteiger partial charge on any atom is 0.129 e. The number of aliphatic hydroxyl groups is 1. The highest BCUT2D eigenvalue weighted by Crippen LogP contribution is 2.32. The molecule has 0 aromatic carbocycles. The summed E-state index contributed by atoms with van der Waals surface area (Å²) < 4.78 is 12.7. The van der Waals surface area contributed by atoms with Crippen LogP contribution in [0.15, 0.2) is 0 Å². The summed E-state index contributed by atoms with van der Waals surface area (Å²) in [6.07, 6.45) is -0.873. The molecule has 4 atom stereocenters. The molecule has 0 saturated heterocycles. The van der Waals surface area contributed by atoms with Crippen LogP contribution >= 0.6 is 0 Å². The summed E-state index contributed by atoms with van der Waals surface area (Å²) in [5.41, 5.74) is 0. The van der Waals surface area contributed by atoms with Crippen molar-refractivity contribution in [2.45, 2.75) is 32.5 Å². The van der Waals surface area contributed by atoms with Gasteiger partial charge in [-0.3, -0.25) is 0 Å². The van der Waals surface area contributed by atoms with Crippen LogP contribution < -0.4 is 0 Å². The van der Waals surface area contributed by atoms with Crippen molar-refractivity contribution >= 4 is 0 Å². The Hall–Kier alpha value is -0.110. The summed E-state index contributed by atoms with van der Waals surface area (Å²) in [5.74, 6) is 0.199. The van der Waals surface area contributed by atoms with Crippen molar-refractivity contribution < 1.29 is 9.50 Å². The van der Waals surface area contributed by atoms with Crippen LogP contribution in [0.1, 0.15) is 20.3 Å². The van der Waals surface area contributed by atoms with Crippen molar-refractivity contribution in [3.05, 3.63) is 0 Å². The maximum atomic E-state index is 12.7. The first kappa shape index (κ1) is 7.00. The summed E-state index contributed by atoms with van der Waals surface area (Å²) in [6.45, 7) is 3.73. The van der Waals surface area contributed by atoms with Gasteiger partial charge in [-0.05, 0) is 18.3 Å². The highest BCUT2D eigenvalue weighted by molar-refractivity contribution is 4.86. The topological polar surface area (TPSA) is 20.2 Å². The Morgan fingerprint density at radius 1 is 1.33 bits per heavy atom. The third-order valence-electron chi connectivity index (χ3n) is 2.20. The van der Waals surface area contributed by atoms with Gasteiger partial charge in [-0.2, -0.15) is 0 Å². The lowest BCUT2D eigenvalue weighted by atomic mass is 10.1. The molecular formula is C7H13FO. The normalized spacial score (nSPS) is 52.0. The van der Waals surface area contributed by atoms with Gasteiger partial charge in [0.2, 0.25) is 0 Å². The second-order valence-electron chi connectivity index (χ2n) is 3.13. The van der Waals surface area contributed by atoms with E-state index in [1.54, 1.807) is 0 Å². The fraction of sp³-hybridized carbons (Fsp3) is 1.00. The minimum Gasteiger partial charge on any atom is -0.390 e. The average Bonchev–Trinajstić information content (AvgIpc) is 1.98. The molecule has 1 nitrogen and oxygen atoms in total. The van der Waals surface area contributed by atoms with Gasteiger partial charge in [-0.15, -0.1) is 0 Å². The third kappa shape index (κ3) is 1.08. The maximum absolute atomic E-state index is 12.7. The number of rotatable bonds is 0. The van der Waals surface area contributed by atoms with E-state index in [-0.39, 0.29) is 11.8 Å². The van der Waals surface area contributed by atoms with Gasteiger partial charge in [0.05, 0.1) is 6.10 Å². The minimum absolute atomic E-state index is 0.0509. The second-order valence-corrected chi connectivity index (χ2v) is 3.13. The largest absolute Gasteiger partial charge is 0.390 e. The fourth-order valence-electron chi connectivity index (χ4n) is 1.51. The van der Waals surface area contributed by atoms with Gasteiger partial charge >= 0.3 is 0 Å². The number of hydrogen-bond acceptors (Lipinski definition) is 1. The Balaban J connectivity index is 2.54. The molecule has 0 aliphatic heterocycles. The van der Waals surface area contributed by atoms with Crippen LogP contribution in [-0.4, -0.2) is 17.4 Å². The molecule has 0 bridgehead atoms. The van der Waals surface area contributed by atoms with E-state index in [1.807, 2.05) is 13.8 Å². The molecule has 0 aromatic rings. The molecule has 1 saturated carbocycles. The van der Waals surface area contributed by atoms with E-state index in [1.165, 1.54) is 0 Å². The first-order chi connectivity index (χ1) is 4.13. The lowest BCUT2D eigenvalue weighted by molar-refractivity contribution is 0.0648. The SMILES string of the molecule is CC1CC(C)C(F)C1O. The third-order valence-corrected chi connectivity index (χ3v) is 2.20. The van der Waals surface area contributed by atoms with Crippen molar-refractivity contribution in [2.24, 2.45) is 11.8 Å². The standard InChI is InChI=1S/C7H13FO/c1-4-3-5(2)7(9)6(4)8/h4-7,9H,3H2,1-2H3. The molecule has 1 aliphatic carbocycles. The van der Waals surface area contributed by atoms with Crippen LogP contribution in [0.25, 0.3) is 0 Å². The molecule has 0 spiro atoms. The van der Waals surface area contributed by atoms with Gasteiger partial charge < -0.3 is 5.11 Å². The molecular weight excluding hydrogens is 119 g/mol. The van der Waals surface area contributed by atoms with Gasteiger partial charge in [-0.25, -0.2) is 4.39 Å². The van der Waals surface area contributed by atoms with Gasteiger partial charge in [0.25, 0.3) is 0 Å². The van der Waals surface area contributed by atoms with Crippen LogP contribution in [-0.2, 0) is 0 Å². The quantitative estimate of drug-likeness (QED) is 0.527. The highest BCUT2D eigenvalue weighted by atomic mass is 19.1. The summed E-state index contributed by atoms with van der Waals surface area (Å²) in [6, 6.07) is 0. The molecule has 0 amide bonds. The monoisotopic (exact) mass is 132 g/mol. The first-order valence-electron chi connectivity index (χ1n) is 3.45. The Morgan fingerprint density at radius 3 is 2.00 bits per heavy atom. The zero-order valence-electron chi connectivity index (χ0n) is 5.84. The van der Waals surface area contributed by atoms with Crippen LogP contribution in [0.4, 0.5) is 4.39 Å². The average molecular weight is 132 g/mol. The predicted octanol–water partition coefficient (Wildman–Crippen LogP) is 1.36. The van der Waals surface area contributed by atoms with Gasteiger partial charge in [0.1, 0.15) is 6.17 Å². The van der Waals surface area contributed by atoms with Crippen molar-refractivity contribution in [3.63, 3.8) is 0 Å². The zero-order chi connectivity index (χ0) is 7.02. The van der Waals surface area contributed by atoms with Crippen LogP contribution in [0.5, 0.6) is 0 Å². The number of halogens is 1. The molecule has 0 heterocycles. The van der Waals surface area contributed by atoms with Crippen molar-refractivity contribution in [1.82, 2.24) is 0 Å². The fourth-order valence-corrected chi connectivity index (χ4v) is 1.51. The molecule has 1 N–H and O–H groups in total. The van der Waals surface area contributed by atoms with Crippen LogP contribution in [0.2, 0.25) is 0 Å². The Bertz CT molecular complexity index is 93.1. The molecule has 2 heteroatoms. The lowest BCUT2D eigenvalue weighted by Crippen LogP contribution is -2.21. The van der Waals surface area contributed by atoms with Gasteiger partial charge in [-0.1, -0.05) is 13.8 Å². The summed E-state index contributed by atoms with van der Waals surface area (Å²) >= 11 is 0. The van der Waals surface area contributed by atoms with Crippen LogP contribution in [0.3, 0.4) is 0 Å². The molecule has 0 radical (unpaired) electrons. The molecule has 4 unspecified atom stereocenters. The van der Waals surface area contributed by atoms with E-state index in [0.717, 1.165) is 6.42 Å². The van der Waals surface area contributed by atoms with Crippen LogP contribution in [0, 0.1) is 11.8 Å². The molecule has 1 fully saturated rings. The van der Waals surface area contributed by atoms with E-state index < -0.39 is 12.3 Å². The van der Waals surface area contributed by atoms with E-state index in [9.17, 15) is 4.39 Å². The Labute approximate surface area is 54.9 Å². The number of alkyl halides is 1. The van der Waals surface area contributed by atoms with Crippen molar-refractivity contribution in [1.29, 1.82) is 0 Å². The summed E-state index contributed by atoms with van der Waals surface area (Å²) in [7, 11) is 0. The van der Waals surface area contributed by atoms with Gasteiger partial charge in [0.15, 0.2) is 0 Å². The van der Waals surface area contributed by atoms with E-state index in [4.69, 9.17) is 5.11 Å². The van der Waals surface area contributed by atoms with E-state index in [0.29, 0.717) is 0 Å². The molecule has 1 rings (SSSR count). The summed E-state index contributed by atoms with van der Waals surface area (Å²) in [4.78, 5) is 0.